The molecule has 1 fully saturated rings. The van der Waals surface area contributed by atoms with Crippen LogP contribution in [0.15, 0.2) is 78.9 Å². The average Bonchev–Trinajstić information content (AvgIpc) is 3.51. The van der Waals surface area contributed by atoms with E-state index in [4.69, 9.17) is 4.74 Å². The van der Waals surface area contributed by atoms with Crippen LogP contribution < -0.4 is 14.4 Å². The molecule has 1 aliphatic carbocycles. The zero-order valence-corrected chi connectivity index (χ0v) is 25.6. The van der Waals surface area contributed by atoms with E-state index >= 15 is 0 Å². The van der Waals surface area contributed by atoms with Gasteiger partial charge in [0, 0.05) is 33.1 Å². The van der Waals surface area contributed by atoms with Crippen molar-refractivity contribution in [3.05, 3.63) is 95.8 Å². The van der Waals surface area contributed by atoms with Crippen LogP contribution in [0.2, 0.25) is 0 Å². The molecule has 0 aromatic heterocycles. The normalized spacial score (nSPS) is 14.3. The van der Waals surface area contributed by atoms with E-state index in [2.05, 4.69) is 5.32 Å². The zero-order chi connectivity index (χ0) is 31.0. The third kappa shape index (κ3) is 8.32. The molecular formula is C32H39FN4O5S. The molecule has 1 atom stereocenters. The number of rotatable bonds is 13. The highest BCUT2D eigenvalue weighted by molar-refractivity contribution is 7.90. The second kappa shape index (κ2) is 14.5. The minimum atomic E-state index is -4.16. The Morgan fingerprint density at radius 3 is 2.23 bits per heavy atom. The molecule has 0 heterocycles. The fourth-order valence-electron chi connectivity index (χ4n) is 5.21. The van der Waals surface area contributed by atoms with Crippen LogP contribution in [0.4, 0.5) is 10.1 Å². The van der Waals surface area contributed by atoms with Crippen LogP contribution in [-0.2, 0) is 32.8 Å². The number of anilines is 1. The van der Waals surface area contributed by atoms with Crippen LogP contribution in [0.25, 0.3) is 0 Å². The van der Waals surface area contributed by atoms with E-state index in [0.717, 1.165) is 52.0 Å². The van der Waals surface area contributed by atoms with Gasteiger partial charge in [0.1, 0.15) is 24.2 Å². The molecule has 230 valence electrons. The lowest BCUT2D eigenvalue weighted by atomic mass is 10.0. The van der Waals surface area contributed by atoms with Gasteiger partial charge >= 0.3 is 10.2 Å². The molecule has 1 saturated carbocycles. The number of benzene rings is 3. The van der Waals surface area contributed by atoms with E-state index in [0.29, 0.717) is 11.3 Å². The van der Waals surface area contributed by atoms with Crippen molar-refractivity contribution in [2.75, 3.05) is 32.1 Å². The van der Waals surface area contributed by atoms with Crippen molar-refractivity contribution in [3.63, 3.8) is 0 Å². The first-order chi connectivity index (χ1) is 20.6. The number of carbonyl (C=O) groups excluding carboxylic acids is 2. The number of nitrogens with zero attached hydrogens (tertiary/aromatic N) is 3. The van der Waals surface area contributed by atoms with Crippen molar-refractivity contribution in [1.82, 2.24) is 14.5 Å². The number of ether oxygens (including phenoxy) is 1. The first-order valence-corrected chi connectivity index (χ1v) is 15.7. The molecule has 9 nitrogen and oxygen atoms in total. The van der Waals surface area contributed by atoms with Crippen molar-refractivity contribution >= 4 is 27.7 Å². The van der Waals surface area contributed by atoms with E-state index in [1.54, 1.807) is 25.3 Å². The Labute approximate surface area is 253 Å². The van der Waals surface area contributed by atoms with E-state index < -0.39 is 34.5 Å². The van der Waals surface area contributed by atoms with Gasteiger partial charge in [-0.15, -0.1) is 0 Å². The number of hydrogen-bond donors (Lipinski definition) is 1. The maximum atomic E-state index is 14.3. The van der Waals surface area contributed by atoms with E-state index in [-0.39, 0.29) is 30.6 Å². The predicted octanol–water partition coefficient (Wildman–Crippen LogP) is 4.15. The summed E-state index contributed by atoms with van der Waals surface area (Å²) in [4.78, 5) is 29.7. The summed E-state index contributed by atoms with van der Waals surface area (Å²) in [6.07, 6.45) is 4.01. The fraction of sp³-hybridized carbons (Fsp3) is 0.375. The maximum absolute atomic E-state index is 14.3. The maximum Gasteiger partial charge on any atom is 0.304 e. The monoisotopic (exact) mass is 610 g/mol. The molecule has 4 rings (SSSR count). The lowest BCUT2D eigenvalue weighted by molar-refractivity contribution is -0.140. The molecule has 2 amide bonds. The lowest BCUT2D eigenvalue weighted by Crippen LogP contribution is -2.55. The van der Waals surface area contributed by atoms with Gasteiger partial charge in [0.15, 0.2) is 0 Å². The first kappa shape index (κ1) is 32.0. The van der Waals surface area contributed by atoms with Crippen molar-refractivity contribution in [2.24, 2.45) is 0 Å². The van der Waals surface area contributed by atoms with Crippen LogP contribution in [0.3, 0.4) is 0 Å². The van der Waals surface area contributed by atoms with Gasteiger partial charge in [-0.25, -0.2) is 8.70 Å². The third-order valence-electron chi connectivity index (χ3n) is 7.59. The van der Waals surface area contributed by atoms with Crippen LogP contribution in [0.1, 0.15) is 36.8 Å². The summed E-state index contributed by atoms with van der Waals surface area (Å²) in [5, 5.41) is 3.14. The molecule has 0 aliphatic heterocycles. The SMILES string of the molecule is COc1cccc(CN(C(=O)CN(c2ccc(F)cc2)S(=O)(=O)N(C)C)[C@@H](Cc2ccccc2)C(=O)NC2CCCC2)c1. The van der Waals surface area contributed by atoms with Gasteiger partial charge in [-0.3, -0.25) is 9.59 Å². The Balaban J connectivity index is 1.76. The summed E-state index contributed by atoms with van der Waals surface area (Å²) in [5.41, 5.74) is 1.69. The number of carbonyl (C=O) groups is 2. The summed E-state index contributed by atoms with van der Waals surface area (Å²) in [6, 6.07) is 20.6. The summed E-state index contributed by atoms with van der Waals surface area (Å²) in [5.74, 6) is -0.831. The highest BCUT2D eigenvalue weighted by atomic mass is 32.2. The van der Waals surface area contributed by atoms with Gasteiger partial charge in [-0.2, -0.15) is 12.7 Å². The Kier molecular flexibility index (Phi) is 10.8. The smallest absolute Gasteiger partial charge is 0.304 e. The van der Waals surface area contributed by atoms with Crippen LogP contribution >= 0.6 is 0 Å². The average molecular weight is 611 g/mol. The summed E-state index contributed by atoms with van der Waals surface area (Å²) >= 11 is 0. The van der Waals surface area contributed by atoms with Gasteiger partial charge in [0.25, 0.3) is 0 Å². The fourth-order valence-corrected chi connectivity index (χ4v) is 6.27. The van der Waals surface area contributed by atoms with Gasteiger partial charge in [-0.05, 0) is 60.4 Å². The second-order valence-corrected chi connectivity index (χ2v) is 12.9. The summed E-state index contributed by atoms with van der Waals surface area (Å²) in [6.45, 7) is -0.566. The van der Waals surface area contributed by atoms with E-state index in [9.17, 15) is 22.4 Å². The molecule has 3 aromatic carbocycles. The number of amides is 2. The highest BCUT2D eigenvalue weighted by Gasteiger charge is 2.35. The third-order valence-corrected chi connectivity index (χ3v) is 9.41. The number of methoxy groups -OCH3 is 1. The molecule has 0 saturated heterocycles. The van der Waals surface area contributed by atoms with Crippen molar-refractivity contribution in [2.45, 2.75) is 50.7 Å². The first-order valence-electron chi connectivity index (χ1n) is 14.3. The minimum Gasteiger partial charge on any atom is -0.497 e. The number of hydrogen-bond acceptors (Lipinski definition) is 5. The summed E-state index contributed by atoms with van der Waals surface area (Å²) < 4.78 is 47.9. The van der Waals surface area contributed by atoms with Crippen LogP contribution in [0, 0.1) is 5.82 Å². The molecule has 0 spiro atoms. The molecule has 0 bridgehead atoms. The largest absolute Gasteiger partial charge is 0.497 e. The van der Waals surface area contributed by atoms with Gasteiger partial charge < -0.3 is 15.0 Å². The molecule has 43 heavy (non-hydrogen) atoms. The molecule has 0 radical (unpaired) electrons. The topological polar surface area (TPSA) is 99.3 Å². The van der Waals surface area contributed by atoms with Gasteiger partial charge in [0.2, 0.25) is 11.8 Å². The molecule has 0 unspecified atom stereocenters. The Morgan fingerprint density at radius 1 is 0.953 bits per heavy atom. The second-order valence-electron chi connectivity index (χ2n) is 10.8. The minimum absolute atomic E-state index is 0.0179. The molecule has 3 aromatic rings. The number of halogens is 1. The number of nitrogens with one attached hydrogen (secondary N) is 1. The Morgan fingerprint density at radius 2 is 1.60 bits per heavy atom. The Bertz CT molecular complexity index is 1480. The van der Waals surface area contributed by atoms with Crippen molar-refractivity contribution in [1.29, 1.82) is 0 Å². The van der Waals surface area contributed by atoms with Crippen molar-refractivity contribution < 1.29 is 27.1 Å². The standard InChI is InChI=1S/C32H39FN4O5S/c1-35(2)43(40,41)37(28-18-16-26(33)17-19-28)23-31(38)36(22-25-12-9-15-29(20-25)42-3)30(21-24-10-5-4-6-11-24)32(39)34-27-13-7-8-14-27/h4-6,9-12,15-20,27,30H,7-8,13-14,21-23H2,1-3H3,(H,34,39)/t30-/m0/s1. The van der Waals surface area contributed by atoms with Crippen LogP contribution in [-0.4, -0.2) is 69.3 Å². The highest BCUT2D eigenvalue weighted by Crippen LogP contribution is 2.24. The molecule has 11 heteroatoms. The summed E-state index contributed by atoms with van der Waals surface area (Å²) in [7, 11) is 0.0968. The predicted molar refractivity (Wildman–Crippen MR) is 164 cm³/mol. The molecule has 1 aliphatic rings. The Hall–Kier alpha value is -3.96. The lowest BCUT2D eigenvalue weighted by Gasteiger charge is -2.35. The van der Waals surface area contributed by atoms with E-state index in [1.807, 2.05) is 36.4 Å². The van der Waals surface area contributed by atoms with Gasteiger partial charge in [-0.1, -0.05) is 55.3 Å². The zero-order valence-electron chi connectivity index (χ0n) is 24.8. The van der Waals surface area contributed by atoms with Crippen LogP contribution in [0.5, 0.6) is 5.75 Å². The molecular weight excluding hydrogens is 571 g/mol. The molecule has 1 N–H and O–H groups in total. The van der Waals surface area contributed by atoms with Crippen molar-refractivity contribution in [3.8, 4) is 5.75 Å². The van der Waals surface area contributed by atoms with Gasteiger partial charge in [0.05, 0.1) is 12.8 Å². The van der Waals surface area contributed by atoms with E-state index in [1.165, 1.54) is 31.1 Å². The quantitative estimate of drug-likeness (QED) is 0.314.